The molecule has 3 aliphatic rings. The Balaban J connectivity index is 0.00000132. The van der Waals surface area contributed by atoms with Gasteiger partial charge in [0.1, 0.15) is 5.82 Å². The van der Waals surface area contributed by atoms with Crippen molar-refractivity contribution in [1.29, 1.82) is 0 Å². The van der Waals surface area contributed by atoms with Crippen molar-refractivity contribution in [3.63, 3.8) is 0 Å². The summed E-state index contributed by atoms with van der Waals surface area (Å²) >= 11 is 0. The van der Waals surface area contributed by atoms with Gasteiger partial charge in [0.25, 0.3) is 5.91 Å². The number of hydrogen-bond donors (Lipinski definition) is 0. The van der Waals surface area contributed by atoms with Gasteiger partial charge in [-0.1, -0.05) is 6.08 Å². The van der Waals surface area contributed by atoms with E-state index in [9.17, 15) is 14.7 Å². The second-order valence-electron chi connectivity index (χ2n) is 5.28. The number of carbonyl (C=O) groups excluding carboxylic acids is 2. The van der Waals surface area contributed by atoms with Gasteiger partial charge in [0, 0.05) is 24.7 Å². The number of aryl methyl sites for hydroxylation is 2. The molecule has 1 unspecified atom stereocenters. The zero-order valence-electron chi connectivity index (χ0n) is 11.7. The summed E-state index contributed by atoms with van der Waals surface area (Å²) in [6.45, 7) is 0.978. The van der Waals surface area contributed by atoms with Gasteiger partial charge < -0.3 is 14.5 Å². The summed E-state index contributed by atoms with van der Waals surface area (Å²) < 4.78 is 2.10. The minimum Gasteiger partial charge on any atom is -0.543 e. The predicted octanol–water partition coefficient (Wildman–Crippen LogP) is -3.53. The Morgan fingerprint density at radius 3 is 3.00 bits per heavy atom. The topological polar surface area (TPSA) is 78.3 Å². The molecule has 4 rings (SSSR count). The maximum Gasteiger partial charge on any atom is 1.00 e. The number of aliphatic carboxylic acids is 1. The van der Waals surface area contributed by atoms with Gasteiger partial charge in [0.2, 0.25) is 0 Å². The number of fused-ring (bicyclic) bond motifs is 2. The Hall–Kier alpha value is -1.37. The Morgan fingerprint density at radius 1 is 1.48 bits per heavy atom. The monoisotopic (exact) mass is 293 g/mol. The molecule has 1 aromatic rings. The van der Waals surface area contributed by atoms with Crippen molar-refractivity contribution in [3.05, 3.63) is 35.1 Å². The van der Waals surface area contributed by atoms with Gasteiger partial charge >= 0.3 is 29.6 Å². The fourth-order valence-electron chi connectivity index (χ4n) is 3.17. The van der Waals surface area contributed by atoms with E-state index in [1.165, 1.54) is 4.90 Å². The Kier molecular flexibility index (Phi) is 3.55. The predicted molar refractivity (Wildman–Crippen MR) is 66.9 cm³/mol. The van der Waals surface area contributed by atoms with Crippen LogP contribution in [0.25, 0.3) is 6.08 Å². The standard InChI is InChI=1S/C14H13N3O3.Na/c18-13-9(10-3-4-11(14(19)20)17(10)13)6-8-7-16-5-1-2-12(16)15-8;/h4,6-7,10H,1-3,5H2,(H,19,20);/q;+1/p-1/b9-6+;. The molecule has 1 aromatic heterocycles. The van der Waals surface area contributed by atoms with Gasteiger partial charge in [0.05, 0.1) is 23.4 Å². The number of carboxylic acid groups (broad SMARTS) is 1. The average molecular weight is 293 g/mol. The molecule has 0 bridgehead atoms. The molecule has 0 N–H and O–H groups in total. The summed E-state index contributed by atoms with van der Waals surface area (Å²) in [5.74, 6) is -0.488. The number of carboxylic acids is 1. The zero-order chi connectivity index (χ0) is 13.9. The first-order chi connectivity index (χ1) is 9.65. The number of imidazole rings is 1. The second kappa shape index (κ2) is 5.12. The molecule has 0 aliphatic carbocycles. The second-order valence-corrected chi connectivity index (χ2v) is 5.28. The van der Waals surface area contributed by atoms with Crippen LogP contribution in [0.1, 0.15) is 24.4 Å². The summed E-state index contributed by atoms with van der Waals surface area (Å²) in [7, 11) is 0. The van der Waals surface area contributed by atoms with E-state index in [0.717, 1.165) is 30.9 Å². The fraction of sp³-hybridized carbons (Fsp3) is 0.357. The van der Waals surface area contributed by atoms with E-state index in [2.05, 4.69) is 9.55 Å². The normalized spacial score (nSPS) is 24.3. The summed E-state index contributed by atoms with van der Waals surface area (Å²) in [6, 6.07) is -0.160. The Bertz CT molecular complexity index is 683. The molecule has 4 heterocycles. The van der Waals surface area contributed by atoms with Crippen LogP contribution in [0.15, 0.2) is 23.5 Å². The first kappa shape index (κ1) is 14.6. The molecule has 0 aromatic carbocycles. The molecule has 0 radical (unpaired) electrons. The molecule has 1 saturated heterocycles. The van der Waals surface area contributed by atoms with E-state index >= 15 is 0 Å². The van der Waals surface area contributed by atoms with Crippen LogP contribution in [0.3, 0.4) is 0 Å². The van der Waals surface area contributed by atoms with E-state index in [-0.39, 0.29) is 47.2 Å². The Morgan fingerprint density at radius 2 is 2.29 bits per heavy atom. The minimum absolute atomic E-state index is 0. The van der Waals surface area contributed by atoms with E-state index in [1.807, 2.05) is 6.20 Å². The summed E-state index contributed by atoms with van der Waals surface area (Å²) in [6.07, 6.45) is 7.91. The SMILES string of the molecule is O=C([O-])C1=CCC2/C(=C\c3cn4c(n3)CCC4)C(=O)N12.[Na+]. The van der Waals surface area contributed by atoms with Crippen LogP contribution >= 0.6 is 0 Å². The molecule has 1 atom stereocenters. The molecule has 0 saturated carbocycles. The van der Waals surface area contributed by atoms with Gasteiger partial charge in [0.15, 0.2) is 0 Å². The molecule has 102 valence electrons. The fourth-order valence-corrected chi connectivity index (χ4v) is 3.17. The molecule has 0 spiro atoms. The van der Waals surface area contributed by atoms with E-state index < -0.39 is 5.97 Å². The third-order valence-electron chi connectivity index (χ3n) is 4.12. The van der Waals surface area contributed by atoms with E-state index in [1.54, 1.807) is 12.2 Å². The minimum atomic E-state index is -1.29. The average Bonchev–Trinajstić information content (AvgIpc) is 3.07. The van der Waals surface area contributed by atoms with Crippen LogP contribution in [-0.4, -0.2) is 32.4 Å². The molecular weight excluding hydrogens is 281 g/mol. The smallest absolute Gasteiger partial charge is 0.543 e. The Labute approximate surface area is 143 Å². The van der Waals surface area contributed by atoms with Crippen molar-refractivity contribution in [2.24, 2.45) is 0 Å². The number of hydrogen-bond acceptors (Lipinski definition) is 4. The molecule has 6 nitrogen and oxygen atoms in total. The molecule has 7 heteroatoms. The van der Waals surface area contributed by atoms with Crippen LogP contribution in [0.4, 0.5) is 0 Å². The zero-order valence-corrected chi connectivity index (χ0v) is 13.7. The van der Waals surface area contributed by atoms with Crippen molar-refractivity contribution in [3.8, 4) is 0 Å². The van der Waals surface area contributed by atoms with Crippen molar-refractivity contribution < 1.29 is 44.3 Å². The van der Waals surface area contributed by atoms with Gasteiger partial charge in [-0.25, -0.2) is 4.98 Å². The van der Waals surface area contributed by atoms with Crippen molar-refractivity contribution in [1.82, 2.24) is 14.5 Å². The maximum atomic E-state index is 12.0. The van der Waals surface area contributed by atoms with Gasteiger partial charge in [-0.05, 0) is 18.9 Å². The first-order valence-electron chi connectivity index (χ1n) is 6.68. The number of aromatic nitrogens is 2. The molecule has 1 fully saturated rings. The third kappa shape index (κ3) is 2.09. The van der Waals surface area contributed by atoms with Crippen LogP contribution in [0.5, 0.6) is 0 Å². The van der Waals surface area contributed by atoms with Crippen LogP contribution in [-0.2, 0) is 22.6 Å². The summed E-state index contributed by atoms with van der Waals surface area (Å²) in [4.78, 5) is 28.7. The van der Waals surface area contributed by atoms with Crippen molar-refractivity contribution >= 4 is 18.0 Å². The third-order valence-corrected chi connectivity index (χ3v) is 4.12. The largest absolute Gasteiger partial charge is 1.00 e. The quantitative estimate of drug-likeness (QED) is 0.321. The molecule has 3 aliphatic heterocycles. The number of carbonyl (C=O) groups is 2. The first-order valence-corrected chi connectivity index (χ1v) is 6.68. The van der Waals surface area contributed by atoms with Gasteiger partial charge in [-0.3, -0.25) is 9.69 Å². The van der Waals surface area contributed by atoms with Crippen LogP contribution in [0, 0.1) is 0 Å². The molecule has 21 heavy (non-hydrogen) atoms. The summed E-state index contributed by atoms with van der Waals surface area (Å²) in [5.41, 5.74) is 1.41. The summed E-state index contributed by atoms with van der Waals surface area (Å²) in [5, 5.41) is 10.9. The molecule has 1 amide bonds. The number of nitrogens with zero attached hydrogens (tertiary/aromatic N) is 3. The van der Waals surface area contributed by atoms with Crippen LogP contribution in [0.2, 0.25) is 0 Å². The number of rotatable bonds is 2. The van der Waals surface area contributed by atoms with E-state index in [0.29, 0.717) is 12.0 Å². The van der Waals surface area contributed by atoms with E-state index in [4.69, 9.17) is 0 Å². The van der Waals surface area contributed by atoms with Crippen LogP contribution < -0.4 is 34.7 Å². The van der Waals surface area contributed by atoms with Crippen molar-refractivity contribution in [2.45, 2.75) is 31.8 Å². The maximum absolute atomic E-state index is 12.0. The van der Waals surface area contributed by atoms with Gasteiger partial charge in [-0.2, -0.15) is 0 Å². The van der Waals surface area contributed by atoms with Crippen molar-refractivity contribution in [2.75, 3.05) is 0 Å². The molecular formula is C14H12N3NaO3. The number of β-lactam (4-membered cyclic amide) rings is 1. The van der Waals surface area contributed by atoms with Gasteiger partial charge in [-0.15, -0.1) is 0 Å². The number of amides is 1.